The molecule has 0 fully saturated rings. The van der Waals surface area contributed by atoms with Crippen molar-refractivity contribution >= 4 is 15.9 Å². The highest BCUT2D eigenvalue weighted by molar-refractivity contribution is 7.89. The first-order chi connectivity index (χ1) is 14.8. The second kappa shape index (κ2) is 10.1. The van der Waals surface area contributed by atoms with E-state index in [1.807, 2.05) is 25.1 Å². The molecule has 1 aliphatic rings. The lowest BCUT2D eigenvalue weighted by molar-refractivity contribution is -0.131. The number of halogens is 1. The number of amides is 1. The smallest absolute Gasteiger partial charge is 0.242 e. The molecule has 0 N–H and O–H groups in total. The Morgan fingerprint density at radius 1 is 1.10 bits per heavy atom. The molecular weight excluding hydrogens is 423 g/mol. The van der Waals surface area contributed by atoms with Gasteiger partial charge in [-0.2, -0.15) is 0 Å². The fraction of sp³-hybridized carbons (Fsp3) is 0.409. The monoisotopic (exact) mass is 450 g/mol. The fourth-order valence-electron chi connectivity index (χ4n) is 3.36. The number of hydrogen-bond acceptors (Lipinski definition) is 5. The summed E-state index contributed by atoms with van der Waals surface area (Å²) in [5.41, 5.74) is 0.878. The molecule has 168 valence electrons. The van der Waals surface area contributed by atoms with Gasteiger partial charge in [0, 0.05) is 38.7 Å². The number of benzene rings is 2. The number of nitrogens with zero attached hydrogens (tertiary/aromatic N) is 2. The Morgan fingerprint density at radius 2 is 1.81 bits per heavy atom. The Bertz CT molecular complexity index is 1010. The molecular formula is C22H27FN2O5S. The molecule has 1 aliphatic heterocycles. The van der Waals surface area contributed by atoms with Gasteiger partial charge in [-0.15, -0.1) is 0 Å². The Labute approximate surface area is 182 Å². The summed E-state index contributed by atoms with van der Waals surface area (Å²) in [6.07, 6.45) is 0.586. The lowest BCUT2D eigenvalue weighted by Crippen LogP contribution is -2.32. The molecule has 0 saturated carbocycles. The third-order valence-corrected chi connectivity index (χ3v) is 7.00. The molecule has 1 amide bonds. The van der Waals surface area contributed by atoms with Gasteiger partial charge in [-0.3, -0.25) is 4.79 Å². The van der Waals surface area contributed by atoms with Crippen LogP contribution in [0.3, 0.4) is 0 Å². The zero-order valence-electron chi connectivity index (χ0n) is 17.7. The Hall–Kier alpha value is -2.65. The van der Waals surface area contributed by atoms with E-state index in [1.165, 1.54) is 23.5 Å². The first kappa shape index (κ1) is 23.0. The highest BCUT2D eigenvalue weighted by atomic mass is 32.2. The van der Waals surface area contributed by atoms with E-state index in [-0.39, 0.29) is 23.8 Å². The van der Waals surface area contributed by atoms with E-state index in [2.05, 4.69) is 0 Å². The van der Waals surface area contributed by atoms with Gasteiger partial charge >= 0.3 is 0 Å². The molecule has 3 rings (SSSR count). The van der Waals surface area contributed by atoms with Crippen molar-refractivity contribution < 1.29 is 27.1 Å². The first-order valence-electron chi connectivity index (χ1n) is 10.2. The van der Waals surface area contributed by atoms with Gasteiger partial charge in [0.2, 0.25) is 15.9 Å². The van der Waals surface area contributed by atoms with E-state index in [9.17, 15) is 17.6 Å². The van der Waals surface area contributed by atoms with Crippen molar-refractivity contribution in [2.45, 2.75) is 31.2 Å². The van der Waals surface area contributed by atoms with Gasteiger partial charge < -0.3 is 14.4 Å². The molecule has 7 nitrogen and oxygen atoms in total. The van der Waals surface area contributed by atoms with Gasteiger partial charge in [-0.1, -0.05) is 12.1 Å². The number of carbonyl (C=O) groups is 1. The van der Waals surface area contributed by atoms with Crippen molar-refractivity contribution in [1.29, 1.82) is 0 Å². The summed E-state index contributed by atoms with van der Waals surface area (Å²) in [6.45, 7) is 3.97. The van der Waals surface area contributed by atoms with Crippen molar-refractivity contribution in [3.63, 3.8) is 0 Å². The number of hydrogen-bond donors (Lipinski definition) is 0. The van der Waals surface area contributed by atoms with Crippen molar-refractivity contribution in [1.82, 2.24) is 9.21 Å². The van der Waals surface area contributed by atoms with Gasteiger partial charge in [0.15, 0.2) is 11.5 Å². The zero-order chi connectivity index (χ0) is 22.4. The van der Waals surface area contributed by atoms with Crippen LogP contribution < -0.4 is 9.47 Å². The van der Waals surface area contributed by atoms with Gasteiger partial charge in [0.05, 0.1) is 4.90 Å². The molecule has 1 heterocycles. The molecule has 2 aromatic rings. The van der Waals surface area contributed by atoms with Gasteiger partial charge in [-0.25, -0.2) is 17.1 Å². The molecule has 2 aromatic carbocycles. The Kier molecular flexibility index (Phi) is 7.50. The zero-order valence-corrected chi connectivity index (χ0v) is 18.5. The predicted octanol–water partition coefficient (Wildman–Crippen LogP) is 3.05. The standard InChI is InChI=1S/C22H27FN2O5S/c1-3-25(16-17-6-4-7-20-22(17)30-15-14-29-20)21(26)8-5-13-24(2)31(27,28)19-11-9-18(23)10-12-19/h4,6-7,9-12H,3,5,8,13-16H2,1-2H3. The molecule has 0 spiro atoms. The van der Waals surface area contributed by atoms with Crippen molar-refractivity contribution in [2.75, 3.05) is 33.4 Å². The summed E-state index contributed by atoms with van der Waals surface area (Å²) in [6, 6.07) is 10.3. The fourth-order valence-corrected chi connectivity index (χ4v) is 4.57. The highest BCUT2D eigenvalue weighted by Gasteiger charge is 2.22. The summed E-state index contributed by atoms with van der Waals surface area (Å²) >= 11 is 0. The normalized spacial score (nSPS) is 13.3. The van der Waals surface area contributed by atoms with Crippen LogP contribution in [0.2, 0.25) is 0 Å². The number of carbonyl (C=O) groups excluding carboxylic acids is 1. The topological polar surface area (TPSA) is 76.2 Å². The van der Waals surface area contributed by atoms with Gasteiger partial charge in [0.1, 0.15) is 19.0 Å². The maximum atomic E-state index is 13.1. The van der Waals surface area contributed by atoms with Crippen LogP contribution >= 0.6 is 0 Å². The average Bonchev–Trinajstić information content (AvgIpc) is 2.77. The minimum Gasteiger partial charge on any atom is -0.486 e. The van der Waals surface area contributed by atoms with Gasteiger partial charge in [0.25, 0.3) is 0 Å². The number of ether oxygens (including phenoxy) is 2. The quantitative estimate of drug-likeness (QED) is 0.587. The highest BCUT2D eigenvalue weighted by Crippen LogP contribution is 2.34. The van der Waals surface area contributed by atoms with E-state index >= 15 is 0 Å². The van der Waals surface area contributed by atoms with Crippen LogP contribution in [0.4, 0.5) is 4.39 Å². The maximum absolute atomic E-state index is 13.1. The van der Waals surface area contributed by atoms with Crippen molar-refractivity contribution in [2.24, 2.45) is 0 Å². The predicted molar refractivity (Wildman–Crippen MR) is 114 cm³/mol. The van der Waals surface area contributed by atoms with Gasteiger partial charge in [-0.05, 0) is 43.7 Å². The van der Waals surface area contributed by atoms with Crippen molar-refractivity contribution in [3.8, 4) is 11.5 Å². The molecule has 0 bridgehead atoms. The van der Waals surface area contributed by atoms with Crippen LogP contribution in [-0.2, 0) is 21.4 Å². The van der Waals surface area contributed by atoms with E-state index in [4.69, 9.17) is 9.47 Å². The maximum Gasteiger partial charge on any atom is 0.242 e. The summed E-state index contributed by atoms with van der Waals surface area (Å²) in [7, 11) is -2.27. The van der Waals surface area contributed by atoms with Crippen LogP contribution in [0.5, 0.6) is 11.5 Å². The van der Waals surface area contributed by atoms with E-state index < -0.39 is 15.8 Å². The van der Waals surface area contributed by atoms with Crippen molar-refractivity contribution in [3.05, 3.63) is 53.8 Å². The minimum absolute atomic E-state index is 0.0222. The van der Waals surface area contributed by atoms with E-state index in [0.29, 0.717) is 44.2 Å². The molecule has 0 radical (unpaired) electrons. The first-order valence-corrected chi connectivity index (χ1v) is 11.6. The lowest BCUT2D eigenvalue weighted by Gasteiger charge is -2.25. The van der Waals surface area contributed by atoms with Crippen LogP contribution in [0.25, 0.3) is 0 Å². The molecule has 0 aromatic heterocycles. The summed E-state index contributed by atoms with van der Waals surface area (Å²) < 4.78 is 50.7. The van der Waals surface area contributed by atoms with E-state index in [0.717, 1.165) is 17.7 Å². The number of para-hydroxylation sites is 1. The molecule has 0 aliphatic carbocycles. The third-order valence-electron chi connectivity index (χ3n) is 5.13. The molecule has 0 unspecified atom stereocenters. The largest absolute Gasteiger partial charge is 0.486 e. The van der Waals surface area contributed by atoms with Crippen LogP contribution in [0.1, 0.15) is 25.3 Å². The minimum atomic E-state index is -3.73. The van der Waals surface area contributed by atoms with Crippen LogP contribution in [-0.4, -0.2) is 56.9 Å². The van der Waals surface area contributed by atoms with Crippen LogP contribution in [0, 0.1) is 5.82 Å². The lowest BCUT2D eigenvalue weighted by atomic mass is 10.1. The average molecular weight is 451 g/mol. The third kappa shape index (κ3) is 5.54. The second-order valence-electron chi connectivity index (χ2n) is 7.23. The summed E-state index contributed by atoms with van der Waals surface area (Å²) in [4.78, 5) is 14.5. The SMILES string of the molecule is CCN(Cc1cccc2c1OCCO2)C(=O)CCCN(C)S(=O)(=O)c1ccc(F)cc1. The molecule has 0 atom stereocenters. The Morgan fingerprint density at radius 3 is 2.52 bits per heavy atom. The van der Waals surface area contributed by atoms with Crippen LogP contribution in [0.15, 0.2) is 47.4 Å². The second-order valence-corrected chi connectivity index (χ2v) is 9.28. The molecule has 0 saturated heterocycles. The summed E-state index contributed by atoms with van der Waals surface area (Å²) in [5, 5.41) is 0. The number of rotatable bonds is 9. The summed E-state index contributed by atoms with van der Waals surface area (Å²) in [5.74, 6) is 0.790. The molecule has 31 heavy (non-hydrogen) atoms. The van der Waals surface area contributed by atoms with E-state index in [1.54, 1.807) is 4.90 Å². The Balaban J connectivity index is 1.56. The molecule has 9 heteroatoms. The number of fused-ring (bicyclic) bond motifs is 1. The number of sulfonamides is 1.